The lowest BCUT2D eigenvalue weighted by molar-refractivity contribution is -0.115. The van der Waals surface area contributed by atoms with Crippen LogP contribution in [0.1, 0.15) is 23.2 Å². The first kappa shape index (κ1) is 12.8. The second kappa shape index (κ2) is 4.53. The van der Waals surface area contributed by atoms with Gasteiger partial charge in [0.2, 0.25) is 5.91 Å². The molecule has 0 aliphatic heterocycles. The van der Waals surface area contributed by atoms with Gasteiger partial charge in [0.05, 0.1) is 4.90 Å². The van der Waals surface area contributed by atoms with Gasteiger partial charge in [0.15, 0.2) is 15.6 Å². The normalized spacial score (nSPS) is 15.3. The molecule has 1 amide bonds. The molecule has 0 aromatic heterocycles. The smallest absolute Gasteiger partial charge is 0.233 e. The fourth-order valence-corrected chi connectivity index (χ4v) is 2.77. The Morgan fingerprint density at radius 3 is 2.17 bits per heavy atom. The summed E-state index contributed by atoms with van der Waals surface area (Å²) in [7, 11) is -3.69. The van der Waals surface area contributed by atoms with Crippen molar-refractivity contribution in [3.8, 4) is 0 Å². The predicted octanol–water partition coefficient (Wildman–Crippen LogP) is 0.538. The number of sulfone groups is 1. The molecule has 1 aliphatic rings. The van der Waals surface area contributed by atoms with Crippen molar-refractivity contribution in [3.63, 3.8) is 0 Å². The number of hydrogen-bond donors (Lipinski definition) is 1. The average Bonchev–Trinajstić information content (AvgIpc) is 3.10. The Hall–Kier alpha value is -1.69. The van der Waals surface area contributed by atoms with E-state index in [1.165, 1.54) is 24.3 Å². The van der Waals surface area contributed by atoms with Crippen LogP contribution in [0.2, 0.25) is 0 Å². The van der Waals surface area contributed by atoms with Gasteiger partial charge in [-0.1, -0.05) is 12.1 Å². The zero-order valence-electron chi connectivity index (χ0n) is 9.63. The first-order valence-electron chi connectivity index (χ1n) is 5.55. The Bertz CT molecular complexity index is 585. The number of hydrogen-bond acceptors (Lipinski definition) is 4. The summed E-state index contributed by atoms with van der Waals surface area (Å²) in [5.74, 6) is -1.47. The zero-order chi connectivity index (χ0) is 13.3. The largest absolute Gasteiger partial charge is 0.369 e. The molecule has 96 valence electrons. The van der Waals surface area contributed by atoms with E-state index >= 15 is 0 Å². The number of rotatable bonds is 5. The van der Waals surface area contributed by atoms with E-state index in [4.69, 9.17) is 5.73 Å². The van der Waals surface area contributed by atoms with Gasteiger partial charge in [-0.2, -0.15) is 0 Å². The van der Waals surface area contributed by atoms with E-state index in [9.17, 15) is 18.0 Å². The number of carbonyl (C=O) groups is 2. The Balaban J connectivity index is 2.21. The summed E-state index contributed by atoms with van der Waals surface area (Å²) in [6.07, 6.45) is 1.81. The van der Waals surface area contributed by atoms with Gasteiger partial charge in [-0.05, 0) is 25.0 Å². The predicted molar refractivity (Wildman–Crippen MR) is 64.7 cm³/mol. The van der Waals surface area contributed by atoms with Gasteiger partial charge < -0.3 is 5.73 Å². The van der Waals surface area contributed by atoms with Crippen molar-refractivity contribution in [2.75, 3.05) is 5.75 Å². The van der Waals surface area contributed by atoms with Crippen LogP contribution in [-0.4, -0.2) is 25.9 Å². The van der Waals surface area contributed by atoms with Crippen molar-refractivity contribution in [1.29, 1.82) is 0 Å². The first-order valence-corrected chi connectivity index (χ1v) is 7.21. The fraction of sp³-hybridized carbons (Fsp3) is 0.333. The Morgan fingerprint density at radius 2 is 1.72 bits per heavy atom. The van der Waals surface area contributed by atoms with Gasteiger partial charge in [-0.3, -0.25) is 9.59 Å². The van der Waals surface area contributed by atoms with Crippen molar-refractivity contribution >= 4 is 21.5 Å². The third-order valence-corrected chi connectivity index (χ3v) is 4.43. The summed E-state index contributed by atoms with van der Waals surface area (Å²) < 4.78 is 23.4. The fourth-order valence-electron chi connectivity index (χ4n) is 1.68. The highest BCUT2D eigenvalue weighted by Crippen LogP contribution is 2.32. The quantitative estimate of drug-likeness (QED) is 0.788. The van der Waals surface area contributed by atoms with Crippen LogP contribution in [-0.2, 0) is 14.6 Å². The van der Waals surface area contributed by atoms with E-state index in [1.54, 1.807) is 0 Å². The van der Waals surface area contributed by atoms with E-state index in [2.05, 4.69) is 0 Å². The molecular formula is C12H13NO4S. The Morgan fingerprint density at radius 1 is 1.17 bits per heavy atom. The molecule has 0 unspecified atom stereocenters. The lowest BCUT2D eigenvalue weighted by Crippen LogP contribution is -2.23. The minimum Gasteiger partial charge on any atom is -0.369 e. The number of primary amides is 1. The first-order chi connectivity index (χ1) is 8.40. The lowest BCUT2D eigenvalue weighted by atomic mass is 10.1. The van der Waals surface area contributed by atoms with Gasteiger partial charge in [0.25, 0.3) is 0 Å². The van der Waals surface area contributed by atoms with Crippen LogP contribution in [0.25, 0.3) is 0 Å². The van der Waals surface area contributed by atoms with Gasteiger partial charge in [-0.15, -0.1) is 0 Å². The summed E-state index contributed by atoms with van der Waals surface area (Å²) in [4.78, 5) is 22.4. The third-order valence-electron chi connectivity index (χ3n) is 2.78. The SMILES string of the molecule is NC(=O)CS(=O)(=O)c1ccc(C(=O)C2CC2)cc1. The van der Waals surface area contributed by atoms with Crippen LogP contribution >= 0.6 is 0 Å². The molecule has 1 aromatic carbocycles. The van der Waals surface area contributed by atoms with Crippen LogP contribution in [0.3, 0.4) is 0 Å². The molecule has 2 rings (SSSR count). The van der Waals surface area contributed by atoms with E-state index in [0.717, 1.165) is 12.8 Å². The number of nitrogens with two attached hydrogens (primary N) is 1. The van der Waals surface area contributed by atoms with E-state index in [1.807, 2.05) is 0 Å². The molecule has 0 heterocycles. The van der Waals surface area contributed by atoms with Gasteiger partial charge in [0, 0.05) is 11.5 Å². The molecule has 0 saturated heterocycles. The molecule has 0 atom stereocenters. The van der Waals surface area contributed by atoms with E-state index in [0.29, 0.717) is 5.56 Å². The highest BCUT2D eigenvalue weighted by Gasteiger charge is 2.30. The van der Waals surface area contributed by atoms with Crippen LogP contribution in [0.4, 0.5) is 0 Å². The molecule has 2 N–H and O–H groups in total. The molecular weight excluding hydrogens is 254 g/mol. The van der Waals surface area contributed by atoms with Gasteiger partial charge in [-0.25, -0.2) is 8.42 Å². The maximum Gasteiger partial charge on any atom is 0.233 e. The minimum absolute atomic E-state index is 0.00801. The third kappa shape index (κ3) is 2.76. The Kier molecular flexibility index (Phi) is 3.21. The van der Waals surface area contributed by atoms with Crippen molar-refractivity contribution in [2.24, 2.45) is 11.7 Å². The monoisotopic (exact) mass is 267 g/mol. The topological polar surface area (TPSA) is 94.3 Å². The second-order valence-corrected chi connectivity index (χ2v) is 6.38. The molecule has 1 saturated carbocycles. The molecule has 1 aliphatic carbocycles. The minimum atomic E-state index is -3.69. The zero-order valence-corrected chi connectivity index (χ0v) is 10.4. The number of amides is 1. The van der Waals surface area contributed by atoms with Gasteiger partial charge in [0.1, 0.15) is 5.75 Å². The van der Waals surface area contributed by atoms with Crippen molar-refractivity contribution in [1.82, 2.24) is 0 Å². The lowest BCUT2D eigenvalue weighted by Gasteiger charge is -2.03. The van der Waals surface area contributed by atoms with Crippen LogP contribution in [0.15, 0.2) is 29.2 Å². The maximum absolute atomic E-state index is 11.7. The molecule has 0 bridgehead atoms. The highest BCUT2D eigenvalue weighted by molar-refractivity contribution is 7.92. The summed E-state index contributed by atoms with van der Waals surface area (Å²) in [5.41, 5.74) is 5.38. The summed E-state index contributed by atoms with van der Waals surface area (Å²) in [6.45, 7) is 0. The molecule has 18 heavy (non-hydrogen) atoms. The highest BCUT2D eigenvalue weighted by atomic mass is 32.2. The molecule has 0 spiro atoms. The summed E-state index contributed by atoms with van der Waals surface area (Å²) in [5, 5.41) is 0. The molecule has 6 heteroatoms. The summed E-state index contributed by atoms with van der Waals surface area (Å²) in [6, 6.07) is 5.64. The van der Waals surface area contributed by atoms with Crippen LogP contribution < -0.4 is 5.73 Å². The van der Waals surface area contributed by atoms with Crippen LogP contribution in [0, 0.1) is 5.92 Å². The number of Topliss-reactive ketones (excluding diaryl/α,β-unsaturated/α-hetero) is 1. The molecule has 5 nitrogen and oxygen atoms in total. The van der Waals surface area contributed by atoms with Crippen molar-refractivity contribution in [2.45, 2.75) is 17.7 Å². The molecule has 1 aromatic rings. The van der Waals surface area contributed by atoms with Crippen molar-refractivity contribution < 1.29 is 18.0 Å². The van der Waals surface area contributed by atoms with Crippen LogP contribution in [0.5, 0.6) is 0 Å². The summed E-state index contributed by atoms with van der Waals surface area (Å²) >= 11 is 0. The number of ketones is 1. The number of benzene rings is 1. The van der Waals surface area contributed by atoms with Gasteiger partial charge >= 0.3 is 0 Å². The standard InChI is InChI=1S/C12H13NO4S/c13-11(14)7-18(16,17)10-5-3-9(4-6-10)12(15)8-1-2-8/h3-6,8H,1-2,7H2,(H2,13,14). The average molecular weight is 267 g/mol. The van der Waals surface area contributed by atoms with Crippen molar-refractivity contribution in [3.05, 3.63) is 29.8 Å². The molecule has 1 fully saturated rings. The van der Waals surface area contributed by atoms with E-state index < -0.39 is 21.5 Å². The second-order valence-electron chi connectivity index (χ2n) is 4.39. The molecule has 0 radical (unpaired) electrons. The van der Waals surface area contributed by atoms with E-state index in [-0.39, 0.29) is 16.6 Å². The Labute approximate surface area is 105 Å². The maximum atomic E-state index is 11.7. The number of carbonyl (C=O) groups excluding carboxylic acids is 2.